The SMILES string of the molecule is CC1=Cc2c(C3CC3)cccc2[CH]1[Zr+2]([CH]1C(C)=Cc2c(C3CC3)cccc21)=[Si]1CCCC1.[Cl-].[Cl-]. The number of benzene rings is 2. The van der Waals surface area contributed by atoms with Crippen molar-refractivity contribution in [3.63, 3.8) is 0 Å². The average molecular weight is 585 g/mol. The van der Waals surface area contributed by atoms with Crippen LogP contribution in [0.4, 0.5) is 0 Å². The zero-order valence-corrected chi connectivity index (χ0v) is 25.3. The van der Waals surface area contributed by atoms with E-state index in [0.717, 1.165) is 19.1 Å². The molecule has 1 aliphatic heterocycles. The summed E-state index contributed by atoms with van der Waals surface area (Å²) in [6.45, 7) is 5.02. The van der Waals surface area contributed by atoms with Crippen LogP contribution in [0, 0.1) is 0 Å². The van der Waals surface area contributed by atoms with Gasteiger partial charge in [0.05, 0.1) is 0 Å². The van der Waals surface area contributed by atoms with Gasteiger partial charge in [-0.15, -0.1) is 0 Å². The van der Waals surface area contributed by atoms with Gasteiger partial charge < -0.3 is 24.8 Å². The summed E-state index contributed by atoms with van der Waals surface area (Å²) >= 11 is -1.86. The summed E-state index contributed by atoms with van der Waals surface area (Å²) in [5, 5.41) is 0. The maximum atomic E-state index is 2.65. The fourth-order valence-electron chi connectivity index (χ4n) is 7.14. The zero-order valence-electron chi connectivity index (χ0n) is 20.3. The van der Waals surface area contributed by atoms with E-state index < -0.39 is 20.4 Å². The molecule has 3 fully saturated rings. The molecule has 0 bridgehead atoms. The number of rotatable bonds is 4. The molecule has 0 radical (unpaired) electrons. The van der Waals surface area contributed by atoms with Crippen molar-refractivity contribution in [3.8, 4) is 0 Å². The number of hydrogen-bond acceptors (Lipinski definition) is 0. The first-order valence-electron chi connectivity index (χ1n) is 13.0. The van der Waals surface area contributed by atoms with Crippen molar-refractivity contribution in [2.45, 2.75) is 83.5 Å². The maximum absolute atomic E-state index is 2.65. The van der Waals surface area contributed by atoms with Crippen molar-refractivity contribution >= 4 is 17.6 Å². The average Bonchev–Trinajstić information content (AvgIpc) is 3.70. The van der Waals surface area contributed by atoms with Gasteiger partial charge in [-0.2, -0.15) is 0 Å². The third-order valence-electron chi connectivity index (χ3n) is 8.90. The van der Waals surface area contributed by atoms with Crippen LogP contribution in [0.2, 0.25) is 12.1 Å². The van der Waals surface area contributed by atoms with Gasteiger partial charge in [0.15, 0.2) is 0 Å². The second-order valence-corrected chi connectivity index (χ2v) is 27.1. The zero-order chi connectivity index (χ0) is 21.4. The second kappa shape index (κ2) is 9.81. The van der Waals surface area contributed by atoms with Gasteiger partial charge >= 0.3 is 202 Å². The van der Waals surface area contributed by atoms with Crippen LogP contribution in [0.1, 0.15) is 105 Å². The van der Waals surface area contributed by atoms with Crippen molar-refractivity contribution in [1.29, 1.82) is 0 Å². The van der Waals surface area contributed by atoms with Gasteiger partial charge in [-0.3, -0.25) is 0 Å². The smallest absolute Gasteiger partial charge is 1.00 e. The van der Waals surface area contributed by atoms with Crippen molar-refractivity contribution in [2.75, 3.05) is 0 Å². The predicted molar refractivity (Wildman–Crippen MR) is 134 cm³/mol. The molecule has 0 amide bonds. The third-order valence-corrected chi connectivity index (χ3v) is 31.6. The van der Waals surface area contributed by atoms with E-state index >= 15 is 0 Å². The molecule has 2 saturated carbocycles. The van der Waals surface area contributed by atoms with E-state index in [4.69, 9.17) is 0 Å². The Morgan fingerprint density at radius 3 is 1.47 bits per heavy atom. The molecule has 2 aromatic rings. The van der Waals surface area contributed by atoms with Crippen LogP contribution in [0.3, 0.4) is 0 Å². The quantitative estimate of drug-likeness (QED) is 0.485. The van der Waals surface area contributed by atoms with E-state index in [2.05, 4.69) is 62.4 Å². The first kappa shape index (κ1) is 25.3. The molecule has 0 N–H and O–H groups in total. The van der Waals surface area contributed by atoms with Crippen molar-refractivity contribution in [3.05, 3.63) is 80.9 Å². The second-order valence-electron chi connectivity index (χ2n) is 11.2. The van der Waals surface area contributed by atoms with Crippen LogP contribution in [0.25, 0.3) is 12.2 Å². The van der Waals surface area contributed by atoms with Crippen molar-refractivity contribution in [1.82, 2.24) is 0 Å². The minimum atomic E-state index is -1.86. The van der Waals surface area contributed by atoms with Gasteiger partial charge in [0.1, 0.15) is 0 Å². The molecule has 2 atom stereocenters. The fourth-order valence-corrected chi connectivity index (χ4v) is 34.1. The third kappa shape index (κ3) is 4.13. The number of halogens is 2. The van der Waals surface area contributed by atoms with Crippen molar-refractivity contribution in [2.24, 2.45) is 0 Å². The molecule has 4 heteroatoms. The molecule has 34 heavy (non-hydrogen) atoms. The van der Waals surface area contributed by atoms with Gasteiger partial charge in [-0.25, -0.2) is 0 Å². The summed E-state index contributed by atoms with van der Waals surface area (Å²) in [5.74, 6) is 1.71. The Hall–Kier alpha value is -0.400. The monoisotopic (exact) mass is 582 g/mol. The molecule has 7 rings (SSSR count). The predicted octanol–water partition coefficient (Wildman–Crippen LogP) is 2.47. The van der Waals surface area contributed by atoms with Crippen LogP contribution < -0.4 is 24.8 Å². The van der Waals surface area contributed by atoms with Gasteiger partial charge in [0.2, 0.25) is 0 Å². The van der Waals surface area contributed by atoms with Crippen LogP contribution >= 0.6 is 0 Å². The summed E-state index contributed by atoms with van der Waals surface area (Å²) in [6, 6.07) is 18.1. The minimum Gasteiger partial charge on any atom is -1.00 e. The van der Waals surface area contributed by atoms with E-state index in [1.807, 2.05) is 0 Å². The Bertz CT molecular complexity index is 1140. The van der Waals surface area contributed by atoms with Crippen LogP contribution in [0.5, 0.6) is 0 Å². The Morgan fingerprint density at radius 1 is 0.647 bits per heavy atom. The number of hydrogen-bond donors (Lipinski definition) is 0. The Labute approximate surface area is 225 Å². The Morgan fingerprint density at radius 2 is 1.06 bits per heavy atom. The number of fused-ring (bicyclic) bond motifs is 2. The van der Waals surface area contributed by atoms with Gasteiger partial charge in [-0.1, -0.05) is 0 Å². The summed E-state index contributed by atoms with van der Waals surface area (Å²) in [7, 11) is 0. The molecule has 5 aliphatic rings. The normalized spacial score (nSPS) is 24.3. The molecule has 0 nitrogen and oxygen atoms in total. The minimum absolute atomic E-state index is 0. The summed E-state index contributed by atoms with van der Waals surface area (Å²) in [6.07, 6.45) is 14.0. The summed E-state index contributed by atoms with van der Waals surface area (Å²) < 4.78 is 1.67. The first-order valence-corrected chi connectivity index (χ1v) is 21.5. The van der Waals surface area contributed by atoms with Gasteiger partial charge in [0, 0.05) is 0 Å². The molecule has 0 aromatic heterocycles. The molecule has 2 aromatic carbocycles. The van der Waals surface area contributed by atoms with E-state index in [1.54, 1.807) is 56.6 Å². The fraction of sp³-hybridized carbons (Fsp3) is 0.467. The molecule has 1 saturated heterocycles. The molecular formula is C30H34Cl2SiZr. The molecule has 2 unspecified atom stereocenters. The molecule has 1 heterocycles. The van der Waals surface area contributed by atoms with Gasteiger partial charge in [0.25, 0.3) is 0 Å². The molecule has 176 valence electrons. The van der Waals surface area contributed by atoms with E-state index in [9.17, 15) is 0 Å². The van der Waals surface area contributed by atoms with Gasteiger partial charge in [-0.05, 0) is 0 Å². The Balaban J connectivity index is 0.00000120. The standard InChI is InChI=1S/2C13H13.C4H8Si.2ClH.Zr/c2*1-9-7-11-3-2-4-12(10-5-6-10)13(11)8-9;1-2-4-5-3-1;;;/h2*2-4,7-8,10H,5-6H2,1H3;1-4H2;2*1H;/q;;;;;+2/p-2. The molecule has 4 aliphatic carbocycles. The largest absolute Gasteiger partial charge is 1.00 e. The van der Waals surface area contributed by atoms with Crippen LogP contribution in [-0.4, -0.2) is 5.43 Å². The number of allylic oxidation sites excluding steroid dienone is 2. The summed E-state index contributed by atoms with van der Waals surface area (Å²) in [4.78, 5) is 0. The topological polar surface area (TPSA) is 0 Å². The van der Waals surface area contributed by atoms with Crippen LogP contribution in [0.15, 0.2) is 47.5 Å². The van der Waals surface area contributed by atoms with E-state index in [0.29, 0.717) is 0 Å². The van der Waals surface area contributed by atoms with E-state index in [-0.39, 0.29) is 30.2 Å². The molecule has 0 spiro atoms. The summed E-state index contributed by atoms with van der Waals surface area (Å²) in [5.41, 5.74) is 13.5. The van der Waals surface area contributed by atoms with Crippen LogP contribution in [-0.2, 0) is 20.4 Å². The van der Waals surface area contributed by atoms with Crippen molar-refractivity contribution < 1.29 is 45.2 Å². The Kier molecular flexibility index (Phi) is 7.29. The first-order chi connectivity index (χ1) is 15.7. The molecular weight excluding hydrogens is 551 g/mol. The van der Waals surface area contributed by atoms with E-state index in [1.165, 1.54) is 38.5 Å². The maximum Gasteiger partial charge on any atom is -1.00 e.